The maximum absolute atomic E-state index is 11.6. The number of aliphatic hydroxyl groups excluding tert-OH is 1. The average molecular weight is 220 g/mol. The van der Waals surface area contributed by atoms with Crippen molar-refractivity contribution in [3.8, 4) is 0 Å². The van der Waals surface area contributed by atoms with Gasteiger partial charge >= 0.3 is 0 Å². The fraction of sp³-hybridized carbons (Fsp3) is 0.833. The monoisotopic (exact) mass is 220 g/mol. The molecule has 0 bridgehead atoms. The molecule has 3 heteroatoms. The van der Waals surface area contributed by atoms with Gasteiger partial charge in [0.2, 0.25) is 0 Å². The van der Waals surface area contributed by atoms with Crippen molar-refractivity contribution >= 4 is 0 Å². The molecule has 0 spiro atoms. The van der Waals surface area contributed by atoms with E-state index in [1.165, 1.54) is 0 Å². The first kappa shape index (κ1) is 14.6. The first-order chi connectivity index (χ1) is 7.13. The number of halogens is 2. The van der Waals surface area contributed by atoms with E-state index in [4.69, 9.17) is 5.11 Å². The first-order valence-corrected chi connectivity index (χ1v) is 5.82. The smallest absolute Gasteiger partial charge is 0.266 e. The van der Waals surface area contributed by atoms with Crippen LogP contribution in [-0.2, 0) is 0 Å². The van der Waals surface area contributed by atoms with Gasteiger partial charge in [0.1, 0.15) is 0 Å². The SMILES string of the molecule is CC(O)CCCCCCCCC=C(F)F. The normalized spacial score (nSPS) is 12.5. The van der Waals surface area contributed by atoms with Crippen molar-refractivity contribution in [3.05, 3.63) is 12.2 Å². The maximum Gasteiger partial charge on any atom is 0.266 e. The van der Waals surface area contributed by atoms with Crippen LogP contribution >= 0.6 is 0 Å². The second kappa shape index (κ2) is 10.1. The quantitative estimate of drug-likeness (QED) is 0.575. The van der Waals surface area contributed by atoms with E-state index >= 15 is 0 Å². The van der Waals surface area contributed by atoms with E-state index in [0.717, 1.165) is 51.0 Å². The van der Waals surface area contributed by atoms with E-state index in [1.807, 2.05) is 0 Å². The molecule has 0 aliphatic carbocycles. The Morgan fingerprint density at radius 3 is 2.13 bits per heavy atom. The molecule has 1 nitrogen and oxygen atoms in total. The molecule has 1 N–H and O–H groups in total. The van der Waals surface area contributed by atoms with Gasteiger partial charge in [0, 0.05) is 0 Å². The topological polar surface area (TPSA) is 20.2 Å². The van der Waals surface area contributed by atoms with Gasteiger partial charge in [0.15, 0.2) is 0 Å². The molecule has 0 saturated heterocycles. The van der Waals surface area contributed by atoms with Crippen LogP contribution in [0.15, 0.2) is 12.2 Å². The molecule has 1 atom stereocenters. The molecule has 1 unspecified atom stereocenters. The van der Waals surface area contributed by atoms with Crippen molar-refractivity contribution in [1.29, 1.82) is 0 Å². The third-order valence-corrected chi connectivity index (χ3v) is 2.37. The number of allylic oxidation sites excluding steroid dienone is 1. The summed E-state index contributed by atoms with van der Waals surface area (Å²) in [7, 11) is 0. The molecule has 0 heterocycles. The Balaban J connectivity index is 3.02. The van der Waals surface area contributed by atoms with Crippen LogP contribution in [0.3, 0.4) is 0 Å². The lowest BCUT2D eigenvalue weighted by Gasteiger charge is -2.03. The van der Waals surface area contributed by atoms with E-state index in [-0.39, 0.29) is 6.10 Å². The number of unbranched alkanes of at least 4 members (excludes halogenated alkanes) is 6. The van der Waals surface area contributed by atoms with Crippen LogP contribution in [0.2, 0.25) is 0 Å². The predicted octanol–water partition coefficient (Wildman–Crippen LogP) is 4.27. The summed E-state index contributed by atoms with van der Waals surface area (Å²) in [4.78, 5) is 0. The molecule has 15 heavy (non-hydrogen) atoms. The minimum atomic E-state index is -1.56. The van der Waals surface area contributed by atoms with Gasteiger partial charge in [0.25, 0.3) is 6.08 Å². The minimum absolute atomic E-state index is 0.192. The zero-order chi connectivity index (χ0) is 11.5. The van der Waals surface area contributed by atoms with Crippen molar-refractivity contribution in [2.75, 3.05) is 0 Å². The van der Waals surface area contributed by atoms with Gasteiger partial charge in [-0.15, -0.1) is 0 Å². The van der Waals surface area contributed by atoms with Crippen LogP contribution in [0.25, 0.3) is 0 Å². The van der Waals surface area contributed by atoms with Crippen molar-refractivity contribution in [3.63, 3.8) is 0 Å². The summed E-state index contributed by atoms with van der Waals surface area (Å²) in [5.41, 5.74) is 0. The Hall–Kier alpha value is -0.440. The summed E-state index contributed by atoms with van der Waals surface area (Å²) in [6, 6.07) is 0. The average Bonchev–Trinajstić information content (AvgIpc) is 2.14. The van der Waals surface area contributed by atoms with Crippen LogP contribution in [0.4, 0.5) is 8.78 Å². The molecular formula is C12H22F2O. The van der Waals surface area contributed by atoms with Crippen LogP contribution in [0, 0.1) is 0 Å². The zero-order valence-corrected chi connectivity index (χ0v) is 9.51. The Morgan fingerprint density at radius 2 is 1.60 bits per heavy atom. The van der Waals surface area contributed by atoms with Crippen LogP contribution in [0.1, 0.15) is 58.3 Å². The fourth-order valence-electron chi connectivity index (χ4n) is 1.50. The first-order valence-electron chi connectivity index (χ1n) is 5.82. The number of rotatable bonds is 9. The summed E-state index contributed by atoms with van der Waals surface area (Å²) in [6.45, 7) is 1.80. The van der Waals surface area contributed by atoms with Crippen LogP contribution in [-0.4, -0.2) is 11.2 Å². The molecule has 0 aromatic carbocycles. The van der Waals surface area contributed by atoms with E-state index in [0.29, 0.717) is 6.42 Å². The number of hydrogen-bond donors (Lipinski definition) is 1. The minimum Gasteiger partial charge on any atom is -0.393 e. The molecule has 0 radical (unpaired) electrons. The van der Waals surface area contributed by atoms with Crippen molar-refractivity contribution in [1.82, 2.24) is 0 Å². The Bertz CT molecular complexity index is 163. The van der Waals surface area contributed by atoms with E-state index in [2.05, 4.69) is 0 Å². The molecule has 0 fully saturated rings. The molecule has 0 aromatic rings. The number of hydrogen-bond acceptors (Lipinski definition) is 1. The van der Waals surface area contributed by atoms with Crippen molar-refractivity contribution < 1.29 is 13.9 Å². The van der Waals surface area contributed by atoms with E-state index in [1.54, 1.807) is 6.92 Å². The summed E-state index contributed by atoms with van der Waals surface area (Å²) in [5, 5.41) is 9.00. The largest absolute Gasteiger partial charge is 0.393 e. The number of aliphatic hydroxyl groups is 1. The predicted molar refractivity (Wildman–Crippen MR) is 58.9 cm³/mol. The molecule has 0 saturated carbocycles. The van der Waals surface area contributed by atoms with Crippen LogP contribution in [0.5, 0.6) is 0 Å². The molecule has 0 rings (SSSR count). The highest BCUT2D eigenvalue weighted by molar-refractivity contribution is 4.79. The maximum atomic E-state index is 11.6. The Kier molecular flexibility index (Phi) is 9.79. The summed E-state index contributed by atoms with van der Waals surface area (Å²) in [6.07, 6.45) is 6.95. The highest BCUT2D eigenvalue weighted by atomic mass is 19.3. The van der Waals surface area contributed by atoms with Gasteiger partial charge in [-0.3, -0.25) is 0 Å². The standard InChI is InChI=1S/C12H22F2O/c1-11(15)9-7-5-3-2-4-6-8-10-12(13)14/h10-11,15H,2-9H2,1H3. The second-order valence-corrected chi connectivity index (χ2v) is 4.04. The third kappa shape index (κ3) is 13.6. The molecular weight excluding hydrogens is 198 g/mol. The van der Waals surface area contributed by atoms with Crippen molar-refractivity contribution in [2.45, 2.75) is 64.4 Å². The van der Waals surface area contributed by atoms with Crippen molar-refractivity contribution in [2.24, 2.45) is 0 Å². The highest BCUT2D eigenvalue weighted by Gasteiger charge is 1.95. The molecule has 0 aliphatic heterocycles. The summed E-state index contributed by atoms with van der Waals surface area (Å²) >= 11 is 0. The van der Waals surface area contributed by atoms with Gasteiger partial charge < -0.3 is 5.11 Å². The highest BCUT2D eigenvalue weighted by Crippen LogP contribution is 2.11. The summed E-state index contributed by atoms with van der Waals surface area (Å²) < 4.78 is 23.2. The summed E-state index contributed by atoms with van der Waals surface area (Å²) in [5.74, 6) is 0. The van der Waals surface area contributed by atoms with Gasteiger partial charge in [-0.05, 0) is 32.3 Å². The molecule has 0 amide bonds. The Morgan fingerprint density at radius 1 is 1.07 bits per heavy atom. The second-order valence-electron chi connectivity index (χ2n) is 4.04. The van der Waals surface area contributed by atoms with Crippen LogP contribution < -0.4 is 0 Å². The van der Waals surface area contributed by atoms with E-state index < -0.39 is 6.08 Å². The lowest BCUT2D eigenvalue weighted by atomic mass is 10.1. The van der Waals surface area contributed by atoms with Gasteiger partial charge in [0.05, 0.1) is 6.10 Å². The lowest BCUT2D eigenvalue weighted by Crippen LogP contribution is -1.98. The lowest BCUT2D eigenvalue weighted by molar-refractivity contribution is 0.180. The zero-order valence-electron chi connectivity index (χ0n) is 9.51. The van der Waals surface area contributed by atoms with Gasteiger partial charge in [-0.2, -0.15) is 8.78 Å². The molecule has 0 aromatic heterocycles. The fourth-order valence-corrected chi connectivity index (χ4v) is 1.50. The Labute approximate surface area is 91.2 Å². The van der Waals surface area contributed by atoms with E-state index in [9.17, 15) is 8.78 Å². The molecule has 0 aliphatic rings. The van der Waals surface area contributed by atoms with Gasteiger partial charge in [-0.25, -0.2) is 0 Å². The third-order valence-electron chi connectivity index (χ3n) is 2.37. The molecule has 90 valence electrons. The van der Waals surface area contributed by atoms with Gasteiger partial charge in [-0.1, -0.05) is 32.1 Å².